The van der Waals surface area contributed by atoms with E-state index < -0.39 is 10.0 Å². The Morgan fingerprint density at radius 2 is 1.83 bits per heavy atom. The molecule has 124 valence electrons. The molecule has 0 fully saturated rings. The molecule has 2 aromatic heterocycles. The largest absolute Gasteiger partial charge is 0.280 e. The number of benzene rings is 1. The number of rotatable bonds is 5. The van der Waals surface area contributed by atoms with Gasteiger partial charge < -0.3 is 0 Å². The molecule has 0 unspecified atom stereocenters. The van der Waals surface area contributed by atoms with Crippen LogP contribution in [0.1, 0.15) is 0 Å². The molecule has 0 spiro atoms. The zero-order valence-corrected chi connectivity index (χ0v) is 15.6. The van der Waals surface area contributed by atoms with Crippen molar-refractivity contribution in [3.8, 4) is 0 Å². The lowest BCUT2D eigenvalue weighted by Gasteiger charge is -2.09. The van der Waals surface area contributed by atoms with E-state index in [9.17, 15) is 8.42 Å². The molecule has 0 aliphatic carbocycles. The first-order valence-electron chi connectivity index (χ1n) is 6.33. The van der Waals surface area contributed by atoms with Crippen LogP contribution in [-0.4, -0.2) is 23.6 Å². The zero-order valence-electron chi connectivity index (χ0n) is 11.7. The lowest BCUT2D eigenvalue weighted by molar-refractivity contribution is 0.601. The maximum absolute atomic E-state index is 12.4. The second-order valence-corrected chi connectivity index (χ2v) is 8.91. The lowest BCUT2D eigenvalue weighted by Crippen LogP contribution is -2.13. The topological polar surface area (TPSA) is 84.8 Å². The maximum atomic E-state index is 12.4. The van der Waals surface area contributed by atoms with E-state index in [1.807, 2.05) is 0 Å². The Balaban J connectivity index is 1.77. The van der Waals surface area contributed by atoms with Gasteiger partial charge in [0.15, 0.2) is 9.49 Å². The van der Waals surface area contributed by atoms with Gasteiger partial charge in [-0.05, 0) is 36.4 Å². The fraction of sp³-hybridized carbons (Fsp3) is 0. The highest BCUT2D eigenvalue weighted by Crippen LogP contribution is 2.30. The minimum atomic E-state index is -3.85. The molecular weight excluding hydrogens is 411 g/mol. The van der Waals surface area contributed by atoms with Crippen LogP contribution in [0.15, 0.2) is 56.0 Å². The number of sulfonamides is 1. The van der Waals surface area contributed by atoms with Crippen LogP contribution in [0.3, 0.4) is 0 Å². The predicted molar refractivity (Wildman–Crippen MR) is 95.5 cm³/mol. The summed E-state index contributed by atoms with van der Waals surface area (Å²) in [6, 6.07) is 9.54. The van der Waals surface area contributed by atoms with E-state index in [2.05, 4.69) is 19.9 Å². The van der Waals surface area contributed by atoms with Crippen molar-refractivity contribution in [1.82, 2.24) is 15.2 Å². The van der Waals surface area contributed by atoms with Gasteiger partial charge in [0.1, 0.15) is 15.6 Å². The van der Waals surface area contributed by atoms with Crippen LogP contribution in [0.5, 0.6) is 0 Å². The predicted octanol–water partition coefficient (Wildman–Crippen LogP) is 4.19. The first-order chi connectivity index (χ1) is 11.4. The number of halogens is 2. The molecule has 6 nitrogen and oxygen atoms in total. The van der Waals surface area contributed by atoms with Gasteiger partial charge >= 0.3 is 0 Å². The van der Waals surface area contributed by atoms with Gasteiger partial charge in [0.05, 0.1) is 0 Å². The van der Waals surface area contributed by atoms with Crippen LogP contribution in [0, 0.1) is 0 Å². The van der Waals surface area contributed by atoms with Crippen molar-refractivity contribution in [1.29, 1.82) is 0 Å². The number of nitrogens with one attached hydrogen (secondary N) is 1. The molecule has 1 N–H and O–H groups in total. The third-order valence-corrected chi connectivity index (χ3v) is 6.53. The average Bonchev–Trinajstić information content (AvgIpc) is 3.01. The maximum Gasteiger partial charge on any atom is 0.264 e. The van der Waals surface area contributed by atoms with Gasteiger partial charge in [-0.1, -0.05) is 46.3 Å². The summed E-state index contributed by atoms with van der Waals surface area (Å²) < 4.78 is 28.0. The van der Waals surface area contributed by atoms with Crippen molar-refractivity contribution in [3.05, 3.63) is 52.2 Å². The summed E-state index contributed by atoms with van der Waals surface area (Å²) in [6.07, 6.45) is 0. The van der Waals surface area contributed by atoms with E-state index in [0.29, 0.717) is 5.69 Å². The Morgan fingerprint density at radius 1 is 1.08 bits per heavy atom. The Morgan fingerprint density at radius 3 is 2.46 bits per heavy atom. The molecule has 11 heteroatoms. The summed E-state index contributed by atoms with van der Waals surface area (Å²) in [5, 5.41) is 7.64. The van der Waals surface area contributed by atoms with E-state index in [4.69, 9.17) is 23.2 Å². The van der Waals surface area contributed by atoms with E-state index in [1.165, 1.54) is 35.2 Å². The Kier molecular flexibility index (Phi) is 5.26. The molecule has 0 amide bonds. The summed E-state index contributed by atoms with van der Waals surface area (Å²) in [5.74, 6) is 0. The van der Waals surface area contributed by atoms with Gasteiger partial charge in [0.25, 0.3) is 10.0 Å². The van der Waals surface area contributed by atoms with Crippen molar-refractivity contribution >= 4 is 62.0 Å². The van der Waals surface area contributed by atoms with Gasteiger partial charge in [-0.25, -0.2) is 13.4 Å². The highest BCUT2D eigenvalue weighted by molar-refractivity contribution is 8.01. The third kappa shape index (κ3) is 4.17. The molecule has 24 heavy (non-hydrogen) atoms. The number of anilines is 1. The summed E-state index contributed by atoms with van der Waals surface area (Å²) in [4.78, 5) is 4.51. The molecule has 0 aliphatic rings. The van der Waals surface area contributed by atoms with E-state index in [-0.39, 0.29) is 15.2 Å². The van der Waals surface area contributed by atoms with Crippen molar-refractivity contribution in [2.75, 3.05) is 4.72 Å². The van der Waals surface area contributed by atoms with Crippen LogP contribution in [0.2, 0.25) is 10.3 Å². The molecular formula is C13H8Cl2N4O2S3. The van der Waals surface area contributed by atoms with Gasteiger partial charge in [0, 0.05) is 10.6 Å². The van der Waals surface area contributed by atoms with Crippen molar-refractivity contribution in [2.45, 2.75) is 14.1 Å². The van der Waals surface area contributed by atoms with Crippen LogP contribution < -0.4 is 4.72 Å². The first kappa shape index (κ1) is 17.4. The van der Waals surface area contributed by atoms with Gasteiger partial charge in [-0.3, -0.25) is 4.72 Å². The van der Waals surface area contributed by atoms with Gasteiger partial charge in [-0.2, -0.15) is 0 Å². The highest BCUT2D eigenvalue weighted by Gasteiger charge is 2.19. The lowest BCUT2D eigenvalue weighted by atomic mass is 10.3. The molecule has 0 atom stereocenters. The molecule has 0 saturated carbocycles. The van der Waals surface area contributed by atoms with Crippen LogP contribution in [-0.2, 0) is 10.0 Å². The molecule has 0 aliphatic heterocycles. The molecule has 0 radical (unpaired) electrons. The number of hydrogen-bond acceptors (Lipinski definition) is 7. The zero-order chi connectivity index (χ0) is 17.2. The average molecular weight is 419 g/mol. The van der Waals surface area contributed by atoms with Crippen molar-refractivity contribution in [3.63, 3.8) is 0 Å². The number of aromatic nitrogens is 3. The molecule has 2 heterocycles. The molecule has 0 bridgehead atoms. The smallest absolute Gasteiger partial charge is 0.264 e. The molecule has 1 aromatic carbocycles. The Labute approximate surface area is 156 Å². The number of nitrogens with zero attached hydrogens (tertiary/aromatic N) is 3. The standard InChI is InChI=1S/C13H8Cl2N4O2S3/c14-11-6-5-10(12(15)17-11)24(20,21)19-8-1-3-9(4-2-8)23-13-18-16-7-22-13/h1-7,19H. The third-order valence-electron chi connectivity index (χ3n) is 2.72. The number of pyridine rings is 1. The molecule has 0 saturated heterocycles. The summed E-state index contributed by atoms with van der Waals surface area (Å²) in [5.41, 5.74) is 2.05. The molecule has 3 rings (SSSR count). The van der Waals surface area contributed by atoms with E-state index in [0.717, 1.165) is 9.24 Å². The van der Waals surface area contributed by atoms with Crippen LogP contribution >= 0.6 is 46.3 Å². The summed E-state index contributed by atoms with van der Waals surface area (Å²) in [6.45, 7) is 0. The first-order valence-corrected chi connectivity index (χ1v) is 10.3. The Bertz CT molecular complexity index is 948. The van der Waals surface area contributed by atoms with Gasteiger partial charge in [-0.15, -0.1) is 10.2 Å². The van der Waals surface area contributed by atoms with Crippen molar-refractivity contribution < 1.29 is 8.42 Å². The minimum absolute atomic E-state index is 0.122. The van der Waals surface area contributed by atoms with Crippen LogP contribution in [0.25, 0.3) is 0 Å². The van der Waals surface area contributed by atoms with Crippen molar-refractivity contribution in [2.24, 2.45) is 0 Å². The minimum Gasteiger partial charge on any atom is -0.280 e. The van der Waals surface area contributed by atoms with E-state index >= 15 is 0 Å². The normalized spacial score (nSPS) is 11.4. The Hall–Kier alpha value is -1.39. The quantitative estimate of drug-likeness (QED) is 0.625. The highest BCUT2D eigenvalue weighted by atomic mass is 35.5. The second kappa shape index (κ2) is 7.24. The monoisotopic (exact) mass is 418 g/mol. The molecule has 3 aromatic rings. The fourth-order valence-corrected chi connectivity index (χ4v) is 4.88. The van der Waals surface area contributed by atoms with Crippen LogP contribution in [0.4, 0.5) is 5.69 Å². The van der Waals surface area contributed by atoms with E-state index in [1.54, 1.807) is 29.8 Å². The summed E-state index contributed by atoms with van der Waals surface area (Å²) >= 11 is 14.4. The second-order valence-electron chi connectivity index (χ2n) is 4.36. The summed E-state index contributed by atoms with van der Waals surface area (Å²) in [7, 11) is -3.85. The SMILES string of the molecule is O=S(=O)(Nc1ccc(Sc2nncs2)cc1)c1ccc(Cl)nc1Cl. The van der Waals surface area contributed by atoms with Gasteiger partial charge in [0.2, 0.25) is 0 Å². The number of hydrogen-bond donors (Lipinski definition) is 1. The fourth-order valence-electron chi connectivity index (χ4n) is 1.71.